The van der Waals surface area contributed by atoms with Crippen LogP contribution in [0.15, 0.2) is 84.9 Å². The van der Waals surface area contributed by atoms with E-state index in [4.69, 9.17) is 4.74 Å². The molecule has 0 N–H and O–H groups in total. The van der Waals surface area contributed by atoms with Crippen molar-refractivity contribution in [1.82, 2.24) is 9.80 Å². The molecule has 1 radical (unpaired) electrons. The number of ether oxygens (including phenoxy) is 1. The third-order valence-corrected chi connectivity index (χ3v) is 9.93. The van der Waals surface area contributed by atoms with E-state index >= 15 is 0 Å². The van der Waals surface area contributed by atoms with Gasteiger partial charge in [0.2, 0.25) is 0 Å². The van der Waals surface area contributed by atoms with Crippen LogP contribution in [0.2, 0.25) is 0 Å². The molecule has 57 heavy (non-hydrogen) atoms. The number of hydrogen-bond donors (Lipinski definition) is 0. The minimum absolute atomic E-state index is 0. The fourth-order valence-corrected chi connectivity index (χ4v) is 6.29. The van der Waals surface area contributed by atoms with E-state index in [1.165, 1.54) is 24.0 Å². The molecule has 1 saturated heterocycles. The Morgan fingerprint density at radius 2 is 0.912 bits per heavy atom. The Labute approximate surface area is 386 Å². The summed E-state index contributed by atoms with van der Waals surface area (Å²) >= 11 is 0. The van der Waals surface area contributed by atoms with Crippen molar-refractivity contribution >= 4 is 11.4 Å². The Morgan fingerprint density at radius 3 is 1.19 bits per heavy atom. The second kappa shape index (κ2) is 22.3. The van der Waals surface area contributed by atoms with Crippen molar-refractivity contribution in [2.75, 3.05) is 40.4 Å². The Balaban J connectivity index is 0.000000477. The summed E-state index contributed by atoms with van der Waals surface area (Å²) in [6.45, 7) is 30.5. The fourth-order valence-electron chi connectivity index (χ4n) is 6.29. The Kier molecular flexibility index (Phi) is 19.9. The quantitative estimate of drug-likeness (QED) is 0.167. The van der Waals surface area contributed by atoms with Crippen LogP contribution in [0.5, 0.6) is 11.5 Å². The van der Waals surface area contributed by atoms with Crippen molar-refractivity contribution in [2.24, 2.45) is 0 Å². The maximum atomic E-state index is 13.8. The second-order valence-corrected chi connectivity index (χ2v) is 19.6. The van der Waals surface area contributed by atoms with E-state index in [0.717, 1.165) is 59.9 Å². The van der Waals surface area contributed by atoms with Crippen molar-refractivity contribution in [1.29, 1.82) is 0 Å². The molecule has 0 bridgehead atoms. The van der Waals surface area contributed by atoms with Gasteiger partial charge >= 0.3 is 46.9 Å². The van der Waals surface area contributed by atoms with Gasteiger partial charge in [-0.1, -0.05) is 168 Å². The zero-order valence-electron chi connectivity index (χ0n) is 37.6. The Morgan fingerprint density at radius 1 is 0.544 bits per heavy atom. The molecular weight excluding hydrogens is 864 g/mol. The van der Waals surface area contributed by atoms with Gasteiger partial charge in [-0.3, -0.25) is 4.90 Å². The van der Waals surface area contributed by atoms with Gasteiger partial charge in [0.15, 0.2) is 0 Å². The smallest absolute Gasteiger partial charge is 0.872 e. The van der Waals surface area contributed by atoms with Crippen LogP contribution in [0.25, 0.3) is 5.32 Å². The standard InChI is InChI=1S/C34H56N2O2.C12H10N.C4H8O.Yb/c1-31(2,3)25-17-23(29(37)27(19-25)33(7,8)9)21-36(16-15-35(13)14)22-24-18-26(32(4,5)6)20-28(30(24)38)34(10,11)12;1-3-7-11(8-4-1)13-12-9-5-2-6-10-12;1-2-4-5-3-1;/h17-20,37-38H,15-16,21-22H2,1-14H3;1-10H;1-4H2;/q;-1;;+3/p-2. The van der Waals surface area contributed by atoms with E-state index in [2.05, 4.69) is 137 Å². The van der Waals surface area contributed by atoms with Crippen LogP contribution in [0.1, 0.15) is 129 Å². The summed E-state index contributed by atoms with van der Waals surface area (Å²) in [6.07, 6.45) is 2.56. The SMILES string of the molecule is C1CCOC1.CN(C)CCN(Cc1cc(C(C)(C)C)cc(C(C)(C)C)c1[O-])Cc1cc(C(C)(C)C)cc(C(C)(C)C)c1[O-].[Yb+3].c1ccc([N-]c2ccccc2)cc1. The minimum atomic E-state index is -0.244. The van der Waals surface area contributed by atoms with Gasteiger partial charge in [0.05, 0.1) is 0 Å². The summed E-state index contributed by atoms with van der Waals surface area (Å²) in [5, 5.41) is 32.0. The molecule has 319 valence electrons. The van der Waals surface area contributed by atoms with Gasteiger partial charge in [-0.2, -0.15) is 0 Å². The van der Waals surface area contributed by atoms with E-state index in [0.29, 0.717) is 13.1 Å². The Hall–Kier alpha value is -2.32. The normalized spacial score (nSPS) is 13.3. The maximum absolute atomic E-state index is 13.8. The third kappa shape index (κ3) is 17.1. The molecule has 1 fully saturated rings. The average molecular weight is 936 g/mol. The first-order chi connectivity index (χ1) is 26.0. The molecule has 6 nitrogen and oxygen atoms in total. The summed E-state index contributed by atoms with van der Waals surface area (Å²) in [4.78, 5) is 4.44. The number of para-hydroxylation sites is 2. The summed E-state index contributed by atoms with van der Waals surface area (Å²) < 4.78 is 4.94. The van der Waals surface area contributed by atoms with Gasteiger partial charge < -0.3 is 25.2 Å². The van der Waals surface area contributed by atoms with Crippen LogP contribution in [-0.4, -0.2) is 50.2 Å². The van der Waals surface area contributed by atoms with E-state index in [1.54, 1.807) is 0 Å². The van der Waals surface area contributed by atoms with Crippen molar-refractivity contribution in [3.8, 4) is 11.5 Å². The molecule has 4 aromatic carbocycles. The molecule has 1 heterocycles. The molecule has 7 heteroatoms. The fraction of sp³-hybridized carbons (Fsp3) is 0.520. The maximum Gasteiger partial charge on any atom is 3.00 e. The number of hydrogen-bond acceptors (Lipinski definition) is 5. The molecule has 0 spiro atoms. The molecule has 0 aliphatic carbocycles. The number of nitrogens with zero attached hydrogens (tertiary/aromatic N) is 3. The Bertz CT molecular complexity index is 1650. The monoisotopic (exact) mass is 936 g/mol. The zero-order chi connectivity index (χ0) is 41.9. The average Bonchev–Trinajstić information content (AvgIpc) is 3.69. The molecule has 5 rings (SSSR count). The molecule has 0 saturated carbocycles. The first-order valence-corrected chi connectivity index (χ1v) is 20.4. The largest absolute Gasteiger partial charge is 3.00 e. The predicted octanol–water partition coefficient (Wildman–Crippen LogP) is 11.4. The topological polar surface area (TPSA) is 75.9 Å². The molecule has 0 amide bonds. The summed E-state index contributed by atoms with van der Waals surface area (Å²) in [7, 11) is 4.12. The van der Waals surface area contributed by atoms with Gasteiger partial charge in [0, 0.05) is 39.4 Å². The van der Waals surface area contributed by atoms with Crippen molar-refractivity contribution in [2.45, 2.75) is 131 Å². The first kappa shape index (κ1) is 50.8. The van der Waals surface area contributed by atoms with Gasteiger partial charge in [-0.05, 0) is 82.0 Å². The van der Waals surface area contributed by atoms with Gasteiger partial charge in [0.1, 0.15) is 0 Å². The van der Waals surface area contributed by atoms with Gasteiger partial charge in [-0.25, -0.2) is 0 Å². The predicted molar refractivity (Wildman–Crippen MR) is 235 cm³/mol. The summed E-state index contributed by atoms with van der Waals surface area (Å²) in [5.41, 5.74) is 7.08. The van der Waals surface area contributed by atoms with E-state index < -0.39 is 0 Å². The van der Waals surface area contributed by atoms with Gasteiger partial charge in [-0.15, -0.1) is 22.9 Å². The molecule has 1 aliphatic heterocycles. The zero-order valence-corrected chi connectivity index (χ0v) is 39.3. The van der Waals surface area contributed by atoms with Crippen molar-refractivity contribution in [3.05, 3.63) is 124 Å². The molecule has 0 atom stereocenters. The van der Waals surface area contributed by atoms with Crippen molar-refractivity contribution < 1.29 is 61.9 Å². The summed E-state index contributed by atoms with van der Waals surface area (Å²) in [5.74, 6) is 0.253. The van der Waals surface area contributed by atoms with E-state index in [1.807, 2.05) is 60.7 Å². The van der Waals surface area contributed by atoms with Crippen LogP contribution in [-0.2, 0) is 39.5 Å². The third-order valence-electron chi connectivity index (χ3n) is 9.93. The van der Waals surface area contributed by atoms with Crippen LogP contribution in [0.4, 0.5) is 11.4 Å². The van der Waals surface area contributed by atoms with Crippen LogP contribution < -0.4 is 10.2 Å². The minimum Gasteiger partial charge on any atom is -0.872 e. The van der Waals surface area contributed by atoms with E-state index in [-0.39, 0.29) is 80.1 Å². The van der Waals surface area contributed by atoms with E-state index in [9.17, 15) is 10.2 Å². The second-order valence-electron chi connectivity index (χ2n) is 19.6. The van der Waals surface area contributed by atoms with Crippen molar-refractivity contribution in [3.63, 3.8) is 0 Å². The van der Waals surface area contributed by atoms with Crippen LogP contribution in [0.3, 0.4) is 0 Å². The summed E-state index contributed by atoms with van der Waals surface area (Å²) in [6, 6.07) is 28.3. The molecule has 0 unspecified atom stereocenters. The molecule has 0 aromatic heterocycles. The van der Waals surface area contributed by atoms with Crippen LogP contribution >= 0.6 is 0 Å². The number of likely N-dealkylation sites (N-methyl/N-ethyl adjacent to an activating group) is 1. The molecule has 1 aliphatic rings. The van der Waals surface area contributed by atoms with Gasteiger partial charge in [0.25, 0.3) is 0 Å². The number of benzene rings is 4. The molecular formula is C50H72N3O3Yb. The molecule has 4 aromatic rings. The first-order valence-electron chi connectivity index (χ1n) is 20.4. The van der Waals surface area contributed by atoms with Crippen LogP contribution in [0, 0.1) is 46.9 Å². The number of rotatable bonds is 9.